The van der Waals surface area contributed by atoms with Crippen LogP contribution in [0.15, 0.2) is 23.3 Å². The van der Waals surface area contributed by atoms with E-state index in [1.54, 1.807) is 4.90 Å². The molecule has 0 unspecified atom stereocenters. The average molecular weight is 272 g/mol. The lowest BCUT2D eigenvalue weighted by Crippen LogP contribution is -2.36. The van der Waals surface area contributed by atoms with Crippen LogP contribution in [0.25, 0.3) is 10.4 Å². The molecule has 0 saturated carbocycles. The third-order valence-electron chi connectivity index (χ3n) is 2.81. The van der Waals surface area contributed by atoms with Gasteiger partial charge in [-0.3, -0.25) is 0 Å². The van der Waals surface area contributed by atoms with Crippen molar-refractivity contribution in [2.75, 3.05) is 31.2 Å². The van der Waals surface area contributed by atoms with Gasteiger partial charge < -0.3 is 9.64 Å². The monoisotopic (exact) mass is 272 g/mol. The molecular weight excluding hydrogens is 261 g/mol. The quantitative estimate of drug-likeness (QED) is 0.470. The molecule has 1 aliphatic rings. The molecule has 19 heavy (non-hydrogen) atoms. The molecule has 8 heteroatoms. The van der Waals surface area contributed by atoms with E-state index < -0.39 is 17.4 Å². The van der Waals surface area contributed by atoms with Crippen LogP contribution in [0.1, 0.15) is 5.56 Å². The Kier molecular flexibility index (Phi) is 3.82. The first-order valence-electron chi connectivity index (χ1n) is 5.61. The Bertz CT molecular complexity index is 505. The molecule has 0 aliphatic carbocycles. The van der Waals surface area contributed by atoms with Gasteiger partial charge in [0.05, 0.1) is 18.8 Å². The molecule has 1 saturated heterocycles. The summed E-state index contributed by atoms with van der Waals surface area (Å²) in [5.41, 5.74) is 7.41. The predicted molar refractivity (Wildman–Crippen MR) is 63.3 cm³/mol. The molecule has 5 nitrogen and oxygen atoms in total. The lowest BCUT2D eigenvalue weighted by molar-refractivity contribution is -0.137. The highest BCUT2D eigenvalue weighted by Crippen LogP contribution is 2.38. The van der Waals surface area contributed by atoms with Crippen LogP contribution in [0.2, 0.25) is 0 Å². The minimum absolute atomic E-state index is 0.410. The number of hydrogen-bond acceptors (Lipinski definition) is 3. The molecule has 0 amide bonds. The number of morpholine rings is 1. The van der Waals surface area contributed by atoms with E-state index in [4.69, 9.17) is 10.3 Å². The van der Waals surface area contributed by atoms with Crippen LogP contribution in [0.3, 0.4) is 0 Å². The van der Waals surface area contributed by atoms with Gasteiger partial charge in [0.1, 0.15) is 0 Å². The number of rotatable bonds is 2. The van der Waals surface area contributed by atoms with E-state index in [-0.39, 0.29) is 0 Å². The zero-order valence-corrected chi connectivity index (χ0v) is 9.89. The maximum Gasteiger partial charge on any atom is 0.416 e. The van der Waals surface area contributed by atoms with Gasteiger partial charge >= 0.3 is 6.18 Å². The zero-order valence-electron chi connectivity index (χ0n) is 9.89. The van der Waals surface area contributed by atoms with Crippen LogP contribution < -0.4 is 4.90 Å². The summed E-state index contributed by atoms with van der Waals surface area (Å²) in [6.45, 7) is 2.05. The number of azide groups is 1. The Balaban J connectivity index is 2.40. The van der Waals surface area contributed by atoms with Crippen LogP contribution in [-0.2, 0) is 10.9 Å². The fourth-order valence-corrected chi connectivity index (χ4v) is 1.90. The van der Waals surface area contributed by atoms with Crippen molar-refractivity contribution in [1.82, 2.24) is 0 Å². The fraction of sp³-hybridized carbons (Fsp3) is 0.455. The maximum absolute atomic E-state index is 12.9. The van der Waals surface area contributed by atoms with E-state index in [1.807, 2.05) is 0 Å². The minimum atomic E-state index is -4.55. The number of nitrogens with zero attached hydrogens (tertiary/aromatic N) is 4. The van der Waals surface area contributed by atoms with Crippen molar-refractivity contribution < 1.29 is 17.9 Å². The lowest BCUT2D eigenvalue weighted by atomic mass is 10.1. The maximum atomic E-state index is 12.9. The minimum Gasteiger partial charge on any atom is -0.378 e. The van der Waals surface area contributed by atoms with Crippen molar-refractivity contribution in [2.24, 2.45) is 5.11 Å². The summed E-state index contributed by atoms with van der Waals surface area (Å²) in [4.78, 5) is 4.22. The summed E-state index contributed by atoms with van der Waals surface area (Å²) in [6.07, 6.45) is -4.55. The Morgan fingerprint density at radius 1 is 1.26 bits per heavy atom. The van der Waals surface area contributed by atoms with Gasteiger partial charge in [0.25, 0.3) is 0 Å². The second-order valence-electron chi connectivity index (χ2n) is 3.99. The summed E-state index contributed by atoms with van der Waals surface area (Å²) >= 11 is 0. The van der Waals surface area contributed by atoms with E-state index in [2.05, 4.69) is 10.0 Å². The second-order valence-corrected chi connectivity index (χ2v) is 3.99. The van der Waals surface area contributed by atoms with Gasteiger partial charge in [-0.2, -0.15) is 13.2 Å². The fourth-order valence-electron chi connectivity index (χ4n) is 1.90. The number of alkyl halides is 3. The van der Waals surface area contributed by atoms with Crippen molar-refractivity contribution >= 4 is 11.4 Å². The summed E-state index contributed by atoms with van der Waals surface area (Å²) in [5.74, 6) is 0. The van der Waals surface area contributed by atoms with Gasteiger partial charge in [-0.25, -0.2) is 0 Å². The number of benzene rings is 1. The molecule has 1 aromatic rings. The van der Waals surface area contributed by atoms with Crippen molar-refractivity contribution in [3.8, 4) is 0 Å². The normalized spacial score (nSPS) is 16.1. The van der Waals surface area contributed by atoms with Crippen molar-refractivity contribution in [1.29, 1.82) is 0 Å². The first-order chi connectivity index (χ1) is 9.02. The van der Waals surface area contributed by atoms with Gasteiger partial charge in [0.2, 0.25) is 0 Å². The van der Waals surface area contributed by atoms with Gasteiger partial charge in [-0.15, -0.1) is 0 Å². The van der Waals surface area contributed by atoms with E-state index in [0.29, 0.717) is 32.0 Å². The molecule has 0 radical (unpaired) electrons. The molecule has 0 bridgehead atoms. The molecule has 1 aromatic carbocycles. The first-order valence-corrected chi connectivity index (χ1v) is 5.61. The molecular formula is C11H11F3N4O. The Morgan fingerprint density at radius 2 is 1.95 bits per heavy atom. The van der Waals surface area contributed by atoms with E-state index >= 15 is 0 Å². The highest BCUT2D eigenvalue weighted by Gasteiger charge is 2.33. The SMILES string of the molecule is [N-]=[N+]=Nc1ccc(N2CCOCC2)cc1C(F)(F)F. The second kappa shape index (κ2) is 5.38. The third kappa shape index (κ3) is 3.10. The van der Waals surface area contributed by atoms with E-state index in [0.717, 1.165) is 6.07 Å². The summed E-state index contributed by atoms with van der Waals surface area (Å²) < 4.78 is 43.8. The molecule has 2 rings (SSSR count). The predicted octanol–water partition coefficient (Wildman–Crippen LogP) is 3.48. The average Bonchev–Trinajstić information content (AvgIpc) is 2.39. The molecule has 0 aromatic heterocycles. The number of anilines is 1. The van der Waals surface area contributed by atoms with Gasteiger partial charge in [-0.05, 0) is 17.7 Å². The largest absolute Gasteiger partial charge is 0.416 e. The van der Waals surface area contributed by atoms with Gasteiger partial charge in [-0.1, -0.05) is 11.2 Å². The Labute approximate surface area is 107 Å². The molecule has 102 valence electrons. The van der Waals surface area contributed by atoms with E-state index in [1.165, 1.54) is 12.1 Å². The van der Waals surface area contributed by atoms with Crippen LogP contribution in [-0.4, -0.2) is 26.3 Å². The molecule has 1 heterocycles. The van der Waals surface area contributed by atoms with Crippen LogP contribution in [0.4, 0.5) is 24.5 Å². The third-order valence-corrected chi connectivity index (χ3v) is 2.81. The Hall–Kier alpha value is -1.92. The number of ether oxygens (including phenoxy) is 1. The first kappa shape index (κ1) is 13.5. The highest BCUT2D eigenvalue weighted by atomic mass is 19.4. The van der Waals surface area contributed by atoms with Gasteiger partial charge in [0, 0.05) is 29.4 Å². The zero-order chi connectivity index (χ0) is 13.9. The van der Waals surface area contributed by atoms with Crippen molar-refractivity contribution in [2.45, 2.75) is 6.18 Å². The highest BCUT2D eigenvalue weighted by molar-refractivity contribution is 5.59. The molecule has 0 atom stereocenters. The van der Waals surface area contributed by atoms with Crippen LogP contribution in [0.5, 0.6) is 0 Å². The molecule has 1 fully saturated rings. The number of hydrogen-bond donors (Lipinski definition) is 0. The van der Waals surface area contributed by atoms with Crippen LogP contribution >= 0.6 is 0 Å². The van der Waals surface area contributed by atoms with E-state index in [9.17, 15) is 13.2 Å². The number of halogens is 3. The van der Waals surface area contributed by atoms with Crippen molar-refractivity contribution in [3.05, 3.63) is 34.2 Å². The summed E-state index contributed by atoms with van der Waals surface area (Å²) in [7, 11) is 0. The molecule has 1 aliphatic heterocycles. The molecule has 0 N–H and O–H groups in total. The lowest BCUT2D eigenvalue weighted by Gasteiger charge is -2.29. The van der Waals surface area contributed by atoms with Crippen LogP contribution in [0, 0.1) is 0 Å². The molecule has 0 spiro atoms. The summed E-state index contributed by atoms with van der Waals surface area (Å²) in [6, 6.07) is 3.72. The topological polar surface area (TPSA) is 61.2 Å². The smallest absolute Gasteiger partial charge is 0.378 e. The van der Waals surface area contributed by atoms with Crippen molar-refractivity contribution in [3.63, 3.8) is 0 Å². The summed E-state index contributed by atoms with van der Waals surface area (Å²) in [5, 5.41) is 3.08. The Morgan fingerprint density at radius 3 is 2.53 bits per heavy atom. The van der Waals surface area contributed by atoms with Gasteiger partial charge in [0.15, 0.2) is 0 Å². The standard InChI is InChI=1S/C11H11F3N4O/c12-11(13,14)9-7-8(1-2-10(9)16-17-15)18-3-5-19-6-4-18/h1-2,7H,3-6H2.